The molecular formula is C7H11BrN2O4. The molecule has 0 aliphatic carbocycles. The van der Waals surface area contributed by atoms with E-state index in [4.69, 9.17) is 10.8 Å². The molecule has 0 saturated heterocycles. The summed E-state index contributed by atoms with van der Waals surface area (Å²) in [5.74, 6) is -2.22. The lowest BCUT2D eigenvalue weighted by molar-refractivity contribution is -0.141. The van der Waals surface area contributed by atoms with Crippen LogP contribution in [0.15, 0.2) is 0 Å². The van der Waals surface area contributed by atoms with E-state index in [0.29, 0.717) is 0 Å². The summed E-state index contributed by atoms with van der Waals surface area (Å²) in [7, 11) is 0. The smallest absolute Gasteiger partial charge is 0.326 e. The van der Waals surface area contributed by atoms with Crippen molar-refractivity contribution in [3.05, 3.63) is 0 Å². The maximum absolute atomic E-state index is 10.8. The molecule has 6 nitrogen and oxygen atoms in total. The predicted molar refractivity (Wildman–Crippen MR) is 51.8 cm³/mol. The first-order chi connectivity index (χ1) is 6.47. The molecule has 0 heterocycles. The van der Waals surface area contributed by atoms with Crippen LogP contribution in [-0.2, 0) is 14.4 Å². The Morgan fingerprint density at radius 2 is 2.00 bits per heavy atom. The second-order valence-corrected chi connectivity index (χ2v) is 3.16. The highest BCUT2D eigenvalue weighted by atomic mass is 79.9. The van der Waals surface area contributed by atoms with Gasteiger partial charge in [0, 0.05) is 6.42 Å². The van der Waals surface area contributed by atoms with Crippen LogP contribution >= 0.6 is 15.9 Å². The lowest BCUT2D eigenvalue weighted by atomic mass is 10.1. The number of carbonyl (C=O) groups is 3. The number of primary amides is 1. The van der Waals surface area contributed by atoms with Crippen molar-refractivity contribution in [2.45, 2.75) is 18.9 Å². The molecule has 0 aliphatic heterocycles. The molecule has 14 heavy (non-hydrogen) atoms. The molecule has 1 atom stereocenters. The second-order valence-electron chi connectivity index (χ2n) is 2.60. The SMILES string of the molecule is NC(=O)CCC(NC(=O)CBr)C(=O)O. The van der Waals surface area contributed by atoms with E-state index in [-0.39, 0.29) is 18.2 Å². The summed E-state index contributed by atoms with van der Waals surface area (Å²) < 4.78 is 0. The molecule has 2 amide bonds. The van der Waals surface area contributed by atoms with Crippen LogP contribution in [0.4, 0.5) is 0 Å². The van der Waals surface area contributed by atoms with Crippen molar-refractivity contribution >= 4 is 33.7 Å². The van der Waals surface area contributed by atoms with Gasteiger partial charge in [0.25, 0.3) is 0 Å². The van der Waals surface area contributed by atoms with Crippen molar-refractivity contribution in [2.24, 2.45) is 5.73 Å². The monoisotopic (exact) mass is 266 g/mol. The van der Waals surface area contributed by atoms with Gasteiger partial charge in [0.15, 0.2) is 0 Å². The molecule has 0 radical (unpaired) electrons. The van der Waals surface area contributed by atoms with Crippen LogP contribution in [0.5, 0.6) is 0 Å². The summed E-state index contributed by atoms with van der Waals surface area (Å²) in [6, 6.07) is -1.06. The molecule has 0 bridgehead atoms. The average molecular weight is 267 g/mol. The number of carbonyl (C=O) groups excluding carboxylic acids is 2. The third kappa shape index (κ3) is 5.52. The molecule has 0 aliphatic rings. The van der Waals surface area contributed by atoms with Gasteiger partial charge in [0.2, 0.25) is 11.8 Å². The molecule has 80 valence electrons. The number of amides is 2. The number of nitrogens with one attached hydrogen (secondary N) is 1. The van der Waals surface area contributed by atoms with E-state index < -0.39 is 23.8 Å². The van der Waals surface area contributed by atoms with Crippen LogP contribution in [0.25, 0.3) is 0 Å². The summed E-state index contributed by atoms with van der Waals surface area (Å²) >= 11 is 2.88. The Morgan fingerprint density at radius 3 is 2.36 bits per heavy atom. The molecular weight excluding hydrogens is 256 g/mol. The van der Waals surface area contributed by atoms with E-state index >= 15 is 0 Å². The summed E-state index contributed by atoms with van der Waals surface area (Å²) in [6.45, 7) is 0. The Bertz CT molecular complexity index is 244. The summed E-state index contributed by atoms with van der Waals surface area (Å²) in [5, 5.41) is 10.9. The number of halogens is 1. The van der Waals surface area contributed by atoms with Gasteiger partial charge in [-0.15, -0.1) is 0 Å². The summed E-state index contributed by atoms with van der Waals surface area (Å²) in [4.78, 5) is 31.8. The first kappa shape index (κ1) is 12.9. The largest absolute Gasteiger partial charge is 0.480 e. The van der Waals surface area contributed by atoms with Gasteiger partial charge in [-0.3, -0.25) is 9.59 Å². The molecule has 0 fully saturated rings. The first-order valence-electron chi connectivity index (χ1n) is 3.83. The van der Waals surface area contributed by atoms with Crippen LogP contribution < -0.4 is 11.1 Å². The van der Waals surface area contributed by atoms with Gasteiger partial charge in [-0.1, -0.05) is 15.9 Å². The van der Waals surface area contributed by atoms with E-state index in [9.17, 15) is 14.4 Å². The van der Waals surface area contributed by atoms with Crippen molar-refractivity contribution in [1.82, 2.24) is 5.32 Å². The summed E-state index contributed by atoms with van der Waals surface area (Å²) in [6.07, 6.45) is -0.0665. The fraction of sp³-hybridized carbons (Fsp3) is 0.571. The first-order valence-corrected chi connectivity index (χ1v) is 4.96. The van der Waals surface area contributed by atoms with Gasteiger partial charge in [-0.2, -0.15) is 0 Å². The minimum atomic E-state index is -1.18. The van der Waals surface area contributed by atoms with Crippen LogP contribution in [0.3, 0.4) is 0 Å². The normalized spacial score (nSPS) is 11.8. The quantitative estimate of drug-likeness (QED) is 0.548. The van der Waals surface area contributed by atoms with Crippen molar-refractivity contribution in [3.63, 3.8) is 0 Å². The number of hydrogen-bond acceptors (Lipinski definition) is 3. The number of rotatable bonds is 6. The third-order valence-electron chi connectivity index (χ3n) is 1.43. The molecule has 0 saturated carbocycles. The number of nitrogens with two attached hydrogens (primary N) is 1. The topological polar surface area (TPSA) is 109 Å². The van der Waals surface area contributed by atoms with Crippen LogP contribution in [0.1, 0.15) is 12.8 Å². The number of aliphatic carboxylic acids is 1. The highest BCUT2D eigenvalue weighted by Crippen LogP contribution is 1.97. The maximum atomic E-state index is 10.8. The zero-order chi connectivity index (χ0) is 11.1. The van der Waals surface area contributed by atoms with E-state index in [1.54, 1.807) is 0 Å². The zero-order valence-corrected chi connectivity index (χ0v) is 8.91. The fourth-order valence-electron chi connectivity index (χ4n) is 0.777. The number of hydrogen-bond donors (Lipinski definition) is 3. The molecule has 1 unspecified atom stereocenters. The average Bonchev–Trinajstić information content (AvgIpc) is 2.10. The maximum Gasteiger partial charge on any atom is 0.326 e. The highest BCUT2D eigenvalue weighted by Gasteiger charge is 2.19. The van der Waals surface area contributed by atoms with Crippen molar-refractivity contribution in [2.75, 3.05) is 5.33 Å². The Morgan fingerprint density at radius 1 is 1.43 bits per heavy atom. The van der Waals surface area contributed by atoms with Crippen LogP contribution in [0, 0.1) is 0 Å². The predicted octanol–water partition coefficient (Wildman–Crippen LogP) is -0.784. The second kappa shape index (κ2) is 6.36. The number of carboxylic acids is 1. The Hall–Kier alpha value is -1.11. The number of carboxylic acid groups (broad SMARTS) is 1. The zero-order valence-electron chi connectivity index (χ0n) is 7.33. The molecule has 4 N–H and O–H groups in total. The van der Waals surface area contributed by atoms with Crippen LogP contribution in [0.2, 0.25) is 0 Å². The van der Waals surface area contributed by atoms with Gasteiger partial charge >= 0.3 is 5.97 Å². The molecule has 0 aromatic heterocycles. The van der Waals surface area contributed by atoms with E-state index in [0.717, 1.165) is 0 Å². The van der Waals surface area contributed by atoms with Gasteiger partial charge in [0.1, 0.15) is 6.04 Å². The lowest BCUT2D eigenvalue weighted by Gasteiger charge is -2.12. The number of alkyl halides is 1. The van der Waals surface area contributed by atoms with Gasteiger partial charge in [-0.05, 0) is 6.42 Å². The van der Waals surface area contributed by atoms with Crippen LogP contribution in [-0.4, -0.2) is 34.3 Å². The molecule has 0 spiro atoms. The van der Waals surface area contributed by atoms with E-state index in [2.05, 4.69) is 21.2 Å². The molecule has 0 aromatic carbocycles. The van der Waals surface area contributed by atoms with E-state index in [1.807, 2.05) is 0 Å². The van der Waals surface area contributed by atoms with Crippen molar-refractivity contribution in [3.8, 4) is 0 Å². The van der Waals surface area contributed by atoms with Gasteiger partial charge < -0.3 is 16.2 Å². The summed E-state index contributed by atoms with van der Waals surface area (Å²) in [5.41, 5.74) is 4.85. The van der Waals surface area contributed by atoms with Gasteiger partial charge in [-0.25, -0.2) is 4.79 Å². The standard InChI is InChI=1S/C7H11BrN2O4/c8-3-6(12)10-4(7(13)14)1-2-5(9)11/h4H,1-3H2,(H2,9,11)(H,10,12)(H,13,14). The van der Waals surface area contributed by atoms with Gasteiger partial charge in [0.05, 0.1) is 5.33 Å². The Labute approximate surface area is 89.0 Å². The fourth-order valence-corrected chi connectivity index (χ4v) is 0.939. The van der Waals surface area contributed by atoms with Crippen molar-refractivity contribution in [1.29, 1.82) is 0 Å². The Balaban J connectivity index is 4.09. The Kier molecular flexibility index (Phi) is 5.86. The lowest BCUT2D eigenvalue weighted by Crippen LogP contribution is -2.41. The molecule has 0 aromatic rings. The third-order valence-corrected chi connectivity index (χ3v) is 1.94. The van der Waals surface area contributed by atoms with E-state index in [1.165, 1.54) is 0 Å². The minimum Gasteiger partial charge on any atom is -0.480 e. The molecule has 0 rings (SSSR count). The highest BCUT2D eigenvalue weighted by molar-refractivity contribution is 9.09. The van der Waals surface area contributed by atoms with Crippen molar-refractivity contribution < 1.29 is 19.5 Å². The molecule has 7 heteroatoms. The minimum absolute atomic E-state index is 0.00338.